The molecule has 0 aliphatic carbocycles. The predicted molar refractivity (Wildman–Crippen MR) is 65.2 cm³/mol. The minimum absolute atomic E-state index is 0.350. The molecular formula is C13H18F2N2. The maximum atomic E-state index is 13.6. The highest BCUT2D eigenvalue weighted by molar-refractivity contribution is 5.47. The highest BCUT2D eigenvalue weighted by Gasteiger charge is 2.17. The molecule has 2 rings (SSSR count). The molecule has 0 atom stereocenters. The second-order valence-electron chi connectivity index (χ2n) is 4.67. The number of rotatable bonds is 3. The number of piperidine rings is 1. The van der Waals surface area contributed by atoms with Crippen LogP contribution in [-0.2, 0) is 0 Å². The number of nitrogens with zero attached hydrogens (tertiary/aromatic N) is 1. The predicted octanol–water partition coefficient (Wildman–Crippen LogP) is 2.40. The van der Waals surface area contributed by atoms with Crippen molar-refractivity contribution in [3.05, 3.63) is 29.8 Å². The van der Waals surface area contributed by atoms with E-state index in [-0.39, 0.29) is 5.82 Å². The molecule has 0 spiro atoms. The summed E-state index contributed by atoms with van der Waals surface area (Å²) in [7, 11) is 1.82. The Morgan fingerprint density at radius 2 is 2.00 bits per heavy atom. The van der Waals surface area contributed by atoms with Crippen molar-refractivity contribution in [3.8, 4) is 0 Å². The van der Waals surface area contributed by atoms with E-state index in [2.05, 4.69) is 5.32 Å². The summed E-state index contributed by atoms with van der Waals surface area (Å²) in [6, 6.07) is 3.59. The first-order valence-electron chi connectivity index (χ1n) is 6.03. The van der Waals surface area contributed by atoms with Crippen molar-refractivity contribution in [2.45, 2.75) is 12.8 Å². The normalized spacial score (nSPS) is 17.1. The van der Waals surface area contributed by atoms with Gasteiger partial charge in [-0.1, -0.05) is 0 Å². The summed E-state index contributed by atoms with van der Waals surface area (Å²) in [5.74, 6) is -0.190. The summed E-state index contributed by atoms with van der Waals surface area (Å²) in [6.07, 6.45) is 2.20. The van der Waals surface area contributed by atoms with Crippen LogP contribution < -0.4 is 10.2 Å². The molecule has 0 amide bonds. The molecule has 2 nitrogen and oxygen atoms in total. The molecule has 1 fully saturated rings. The third kappa shape index (κ3) is 3.16. The number of hydrogen-bond donors (Lipinski definition) is 1. The zero-order valence-electron chi connectivity index (χ0n) is 10.0. The van der Waals surface area contributed by atoms with E-state index in [1.54, 1.807) is 0 Å². The molecule has 0 aromatic heterocycles. The van der Waals surface area contributed by atoms with E-state index in [0.29, 0.717) is 11.6 Å². The molecule has 1 aliphatic rings. The third-order valence-corrected chi connectivity index (χ3v) is 3.31. The Bertz CT molecular complexity index is 376. The Morgan fingerprint density at radius 1 is 1.29 bits per heavy atom. The average molecular weight is 240 g/mol. The Labute approximate surface area is 101 Å². The van der Waals surface area contributed by atoms with Crippen LogP contribution in [0.4, 0.5) is 14.5 Å². The molecule has 0 radical (unpaired) electrons. The van der Waals surface area contributed by atoms with Crippen LogP contribution >= 0.6 is 0 Å². The molecule has 1 aromatic rings. The third-order valence-electron chi connectivity index (χ3n) is 3.31. The van der Waals surface area contributed by atoms with E-state index in [9.17, 15) is 8.78 Å². The molecule has 94 valence electrons. The SMILES string of the molecule is CN(CC1CCNCC1)c1cc(F)ccc1F. The zero-order valence-corrected chi connectivity index (χ0v) is 10.0. The van der Waals surface area contributed by atoms with E-state index in [0.717, 1.165) is 38.5 Å². The molecule has 17 heavy (non-hydrogen) atoms. The Hall–Kier alpha value is -1.16. The molecule has 1 aromatic carbocycles. The van der Waals surface area contributed by atoms with Crippen LogP contribution in [0.3, 0.4) is 0 Å². The summed E-state index contributed by atoms with van der Waals surface area (Å²) >= 11 is 0. The van der Waals surface area contributed by atoms with Crippen molar-refractivity contribution in [1.29, 1.82) is 0 Å². The minimum Gasteiger partial charge on any atom is -0.372 e. The van der Waals surface area contributed by atoms with Crippen LogP contribution in [0.5, 0.6) is 0 Å². The van der Waals surface area contributed by atoms with Crippen LogP contribution in [0.2, 0.25) is 0 Å². The van der Waals surface area contributed by atoms with Gasteiger partial charge in [-0.05, 0) is 44.0 Å². The maximum absolute atomic E-state index is 13.6. The molecule has 1 aliphatic heterocycles. The van der Waals surface area contributed by atoms with Gasteiger partial charge < -0.3 is 10.2 Å². The summed E-state index contributed by atoms with van der Waals surface area (Å²) in [5.41, 5.74) is 0.350. The lowest BCUT2D eigenvalue weighted by Crippen LogP contribution is -2.34. The highest BCUT2D eigenvalue weighted by atomic mass is 19.1. The van der Waals surface area contributed by atoms with E-state index < -0.39 is 5.82 Å². The average Bonchev–Trinajstić information content (AvgIpc) is 2.33. The first-order chi connectivity index (χ1) is 8.16. The number of halogens is 2. The van der Waals surface area contributed by atoms with Gasteiger partial charge in [0, 0.05) is 19.7 Å². The van der Waals surface area contributed by atoms with Crippen LogP contribution in [0.25, 0.3) is 0 Å². The smallest absolute Gasteiger partial charge is 0.146 e. The fraction of sp³-hybridized carbons (Fsp3) is 0.538. The molecule has 0 saturated carbocycles. The number of nitrogens with one attached hydrogen (secondary N) is 1. The Kier molecular flexibility index (Phi) is 3.94. The first kappa shape index (κ1) is 12.3. The topological polar surface area (TPSA) is 15.3 Å². The monoisotopic (exact) mass is 240 g/mol. The van der Waals surface area contributed by atoms with Gasteiger partial charge in [0.15, 0.2) is 0 Å². The summed E-state index contributed by atoms with van der Waals surface area (Å²) in [6.45, 7) is 2.82. The molecule has 1 N–H and O–H groups in total. The van der Waals surface area contributed by atoms with Crippen LogP contribution in [0.15, 0.2) is 18.2 Å². The molecule has 1 saturated heterocycles. The van der Waals surface area contributed by atoms with Gasteiger partial charge in [0.1, 0.15) is 11.6 Å². The highest BCUT2D eigenvalue weighted by Crippen LogP contribution is 2.22. The molecule has 1 heterocycles. The van der Waals surface area contributed by atoms with E-state index in [1.807, 2.05) is 11.9 Å². The van der Waals surface area contributed by atoms with Crippen molar-refractivity contribution in [2.24, 2.45) is 5.92 Å². The van der Waals surface area contributed by atoms with Gasteiger partial charge in [0.25, 0.3) is 0 Å². The fourth-order valence-electron chi connectivity index (χ4n) is 2.33. The van der Waals surface area contributed by atoms with Crippen LogP contribution in [0.1, 0.15) is 12.8 Å². The van der Waals surface area contributed by atoms with E-state index in [1.165, 1.54) is 12.1 Å². The first-order valence-corrected chi connectivity index (χ1v) is 6.03. The molecular weight excluding hydrogens is 222 g/mol. The lowest BCUT2D eigenvalue weighted by Gasteiger charge is -2.29. The second-order valence-corrected chi connectivity index (χ2v) is 4.67. The number of hydrogen-bond acceptors (Lipinski definition) is 2. The van der Waals surface area contributed by atoms with E-state index >= 15 is 0 Å². The second kappa shape index (κ2) is 5.45. The Morgan fingerprint density at radius 3 is 2.71 bits per heavy atom. The van der Waals surface area contributed by atoms with Crippen LogP contribution in [0, 0.1) is 17.6 Å². The number of anilines is 1. The minimum atomic E-state index is -0.390. The van der Waals surface area contributed by atoms with Gasteiger partial charge in [-0.25, -0.2) is 8.78 Å². The van der Waals surface area contributed by atoms with Gasteiger partial charge in [-0.2, -0.15) is 0 Å². The van der Waals surface area contributed by atoms with Crippen molar-refractivity contribution in [2.75, 3.05) is 31.6 Å². The number of benzene rings is 1. The quantitative estimate of drug-likeness (QED) is 0.872. The van der Waals surface area contributed by atoms with Gasteiger partial charge in [0.05, 0.1) is 5.69 Å². The summed E-state index contributed by atoms with van der Waals surface area (Å²) < 4.78 is 26.6. The van der Waals surface area contributed by atoms with Crippen LogP contribution in [-0.4, -0.2) is 26.7 Å². The molecule has 0 bridgehead atoms. The summed E-state index contributed by atoms with van der Waals surface area (Å²) in [4.78, 5) is 1.81. The maximum Gasteiger partial charge on any atom is 0.146 e. The molecule has 4 heteroatoms. The van der Waals surface area contributed by atoms with Gasteiger partial charge >= 0.3 is 0 Å². The van der Waals surface area contributed by atoms with Gasteiger partial charge in [0.2, 0.25) is 0 Å². The van der Waals surface area contributed by atoms with E-state index in [4.69, 9.17) is 0 Å². The standard InChI is InChI=1S/C13H18F2N2/c1-17(9-10-4-6-16-7-5-10)13-8-11(14)2-3-12(13)15/h2-3,8,10,16H,4-7,9H2,1H3. The van der Waals surface area contributed by atoms with Crippen molar-refractivity contribution >= 4 is 5.69 Å². The fourth-order valence-corrected chi connectivity index (χ4v) is 2.33. The van der Waals surface area contributed by atoms with Crippen molar-refractivity contribution < 1.29 is 8.78 Å². The van der Waals surface area contributed by atoms with Crippen molar-refractivity contribution in [3.63, 3.8) is 0 Å². The summed E-state index contributed by atoms with van der Waals surface area (Å²) in [5, 5.41) is 3.30. The largest absolute Gasteiger partial charge is 0.372 e. The van der Waals surface area contributed by atoms with Gasteiger partial charge in [-0.15, -0.1) is 0 Å². The molecule has 0 unspecified atom stereocenters. The Balaban J connectivity index is 2.02. The lowest BCUT2D eigenvalue weighted by atomic mass is 9.97. The van der Waals surface area contributed by atoms with Gasteiger partial charge in [-0.3, -0.25) is 0 Å². The lowest BCUT2D eigenvalue weighted by molar-refractivity contribution is 0.377. The zero-order chi connectivity index (χ0) is 12.3. The van der Waals surface area contributed by atoms with Crippen molar-refractivity contribution in [1.82, 2.24) is 5.32 Å².